The van der Waals surface area contributed by atoms with Crippen molar-refractivity contribution in [2.24, 2.45) is 0 Å². The number of fused-ring (bicyclic) bond motifs is 1. The molecule has 94 valence electrons. The van der Waals surface area contributed by atoms with Crippen LogP contribution in [0.25, 0.3) is 11.0 Å². The summed E-state index contributed by atoms with van der Waals surface area (Å²) in [7, 11) is 0. The van der Waals surface area contributed by atoms with E-state index in [4.69, 9.17) is 0 Å². The van der Waals surface area contributed by atoms with Crippen molar-refractivity contribution in [3.63, 3.8) is 0 Å². The molecule has 1 heterocycles. The molecule has 0 saturated carbocycles. The van der Waals surface area contributed by atoms with E-state index in [1.807, 2.05) is 12.3 Å². The molecule has 0 aliphatic rings. The van der Waals surface area contributed by atoms with Crippen LogP contribution in [0.4, 0.5) is 0 Å². The quantitative estimate of drug-likeness (QED) is 0.916. The number of nitrogens with zero attached hydrogens (tertiary/aromatic N) is 2. The third-order valence-electron chi connectivity index (χ3n) is 2.68. The highest BCUT2D eigenvalue weighted by Gasteiger charge is 2.08. The van der Waals surface area contributed by atoms with Gasteiger partial charge in [0.2, 0.25) is 0 Å². The van der Waals surface area contributed by atoms with Crippen LogP contribution in [0, 0.1) is 0 Å². The lowest BCUT2D eigenvalue weighted by Gasteiger charge is -2.10. The Balaban J connectivity index is 2.13. The molecule has 0 bridgehead atoms. The Labute approximate surface area is 110 Å². The summed E-state index contributed by atoms with van der Waals surface area (Å²) < 4.78 is 0. The topological polar surface area (TPSA) is 54.9 Å². The molecule has 1 atom stereocenters. The number of nitrogens with one attached hydrogen (secondary N) is 1. The number of rotatable bonds is 4. The van der Waals surface area contributed by atoms with Crippen LogP contribution in [-0.4, -0.2) is 33.9 Å². The molecule has 0 radical (unpaired) electrons. The van der Waals surface area contributed by atoms with E-state index in [2.05, 4.69) is 22.2 Å². The fraction of sp³-hybridized carbons (Fsp3) is 0.308. The van der Waals surface area contributed by atoms with Crippen molar-refractivity contribution in [3.05, 3.63) is 36.2 Å². The largest absolute Gasteiger partial charge is 0.351 e. The fourth-order valence-corrected chi connectivity index (χ4v) is 1.78. The number of aromatic nitrogens is 2. The van der Waals surface area contributed by atoms with E-state index < -0.39 is 0 Å². The van der Waals surface area contributed by atoms with E-state index in [9.17, 15) is 4.79 Å². The van der Waals surface area contributed by atoms with Crippen LogP contribution in [0.2, 0.25) is 0 Å². The number of carbonyl (C=O) groups is 1. The smallest absolute Gasteiger partial charge is 0.251 e. The van der Waals surface area contributed by atoms with Crippen LogP contribution >= 0.6 is 11.8 Å². The van der Waals surface area contributed by atoms with Crippen LogP contribution < -0.4 is 5.32 Å². The van der Waals surface area contributed by atoms with Gasteiger partial charge >= 0.3 is 0 Å². The summed E-state index contributed by atoms with van der Waals surface area (Å²) in [5, 5.41) is 3.32. The third-order valence-corrected chi connectivity index (χ3v) is 3.66. The van der Waals surface area contributed by atoms with Crippen molar-refractivity contribution >= 4 is 28.7 Å². The number of hydrogen-bond donors (Lipinski definition) is 1. The molecular formula is C13H15N3OS. The summed E-state index contributed by atoms with van der Waals surface area (Å²) in [5.74, 6) is -0.0662. The minimum Gasteiger partial charge on any atom is -0.351 e. The number of benzene rings is 1. The van der Waals surface area contributed by atoms with Gasteiger partial charge in [-0.3, -0.25) is 14.8 Å². The molecule has 0 spiro atoms. The second-order valence-electron chi connectivity index (χ2n) is 4.02. The summed E-state index contributed by atoms with van der Waals surface area (Å²) in [6.45, 7) is 2.75. The van der Waals surface area contributed by atoms with Crippen LogP contribution in [0.1, 0.15) is 17.3 Å². The first-order valence-corrected chi connectivity index (χ1v) is 7.01. The van der Waals surface area contributed by atoms with E-state index >= 15 is 0 Å². The normalized spacial score (nSPS) is 12.3. The lowest BCUT2D eigenvalue weighted by molar-refractivity contribution is 0.0954. The van der Waals surface area contributed by atoms with Gasteiger partial charge in [0.1, 0.15) is 0 Å². The average molecular weight is 261 g/mol. The number of amides is 1. The van der Waals surface area contributed by atoms with E-state index in [1.165, 1.54) is 0 Å². The van der Waals surface area contributed by atoms with Crippen molar-refractivity contribution in [1.29, 1.82) is 0 Å². The Hall–Kier alpha value is -1.62. The summed E-state index contributed by atoms with van der Waals surface area (Å²) in [6.07, 6.45) is 5.30. The molecule has 0 aliphatic carbocycles. The first-order valence-electron chi connectivity index (χ1n) is 5.72. The summed E-state index contributed by atoms with van der Waals surface area (Å²) >= 11 is 1.73. The van der Waals surface area contributed by atoms with Gasteiger partial charge in [0.15, 0.2) is 0 Å². The maximum absolute atomic E-state index is 11.9. The van der Waals surface area contributed by atoms with Gasteiger partial charge in [-0.05, 0) is 24.5 Å². The summed E-state index contributed by atoms with van der Waals surface area (Å²) in [4.78, 5) is 20.3. The van der Waals surface area contributed by atoms with Crippen molar-refractivity contribution in [1.82, 2.24) is 15.3 Å². The Kier molecular flexibility index (Phi) is 4.15. The predicted octanol–water partition coefficient (Wildman–Crippen LogP) is 2.11. The van der Waals surface area contributed by atoms with Crippen LogP contribution in [0.15, 0.2) is 30.6 Å². The minimum absolute atomic E-state index is 0.0662. The Bertz CT molecular complexity index is 559. The van der Waals surface area contributed by atoms with Crippen molar-refractivity contribution in [2.75, 3.05) is 12.8 Å². The molecule has 0 aliphatic heterocycles. The fourth-order valence-electron chi connectivity index (χ4n) is 1.53. The Morgan fingerprint density at radius 3 is 2.78 bits per heavy atom. The van der Waals surface area contributed by atoms with Crippen LogP contribution in [0.3, 0.4) is 0 Å². The van der Waals surface area contributed by atoms with Gasteiger partial charge in [-0.1, -0.05) is 6.92 Å². The third kappa shape index (κ3) is 2.98. The highest BCUT2D eigenvalue weighted by Crippen LogP contribution is 2.11. The molecule has 1 N–H and O–H groups in total. The molecule has 1 unspecified atom stereocenters. The zero-order chi connectivity index (χ0) is 13.0. The second-order valence-corrected chi connectivity index (χ2v) is 5.29. The van der Waals surface area contributed by atoms with Crippen LogP contribution in [-0.2, 0) is 0 Å². The zero-order valence-corrected chi connectivity index (χ0v) is 11.2. The van der Waals surface area contributed by atoms with Gasteiger partial charge in [0.25, 0.3) is 5.91 Å². The molecule has 18 heavy (non-hydrogen) atoms. The number of thioether (sulfide) groups is 1. The first-order chi connectivity index (χ1) is 8.70. The van der Waals surface area contributed by atoms with Gasteiger partial charge in [-0.2, -0.15) is 11.8 Å². The molecule has 2 rings (SSSR count). The lowest BCUT2D eigenvalue weighted by atomic mass is 10.2. The van der Waals surface area contributed by atoms with Gasteiger partial charge in [0, 0.05) is 29.8 Å². The van der Waals surface area contributed by atoms with Gasteiger partial charge in [-0.25, -0.2) is 0 Å². The molecule has 5 heteroatoms. The molecule has 2 aromatic rings. The maximum Gasteiger partial charge on any atom is 0.251 e. The molecule has 1 amide bonds. The monoisotopic (exact) mass is 261 g/mol. The molecular weight excluding hydrogens is 246 g/mol. The van der Waals surface area contributed by atoms with Crippen molar-refractivity contribution in [2.45, 2.75) is 12.2 Å². The second kappa shape index (κ2) is 5.82. The van der Waals surface area contributed by atoms with Gasteiger partial charge in [-0.15, -0.1) is 0 Å². The summed E-state index contributed by atoms with van der Waals surface area (Å²) in [5.41, 5.74) is 2.16. The van der Waals surface area contributed by atoms with Gasteiger partial charge in [0.05, 0.1) is 11.0 Å². The molecule has 0 fully saturated rings. The highest BCUT2D eigenvalue weighted by atomic mass is 32.2. The average Bonchev–Trinajstić information content (AvgIpc) is 2.43. The summed E-state index contributed by atoms with van der Waals surface area (Å²) in [6, 6.07) is 5.35. The molecule has 1 aromatic carbocycles. The zero-order valence-electron chi connectivity index (χ0n) is 10.4. The van der Waals surface area contributed by atoms with E-state index in [1.54, 1.807) is 36.3 Å². The first kappa shape index (κ1) is 12.8. The van der Waals surface area contributed by atoms with Crippen molar-refractivity contribution in [3.8, 4) is 0 Å². The number of carbonyl (C=O) groups excluding carboxylic acids is 1. The Morgan fingerprint density at radius 1 is 1.33 bits per heavy atom. The van der Waals surface area contributed by atoms with Crippen molar-refractivity contribution < 1.29 is 4.79 Å². The lowest BCUT2D eigenvalue weighted by Crippen LogP contribution is -2.29. The minimum atomic E-state index is -0.0662. The van der Waals surface area contributed by atoms with E-state index in [-0.39, 0.29) is 5.91 Å². The highest BCUT2D eigenvalue weighted by molar-refractivity contribution is 7.99. The van der Waals surface area contributed by atoms with E-state index in [0.717, 1.165) is 11.0 Å². The molecule has 0 saturated heterocycles. The number of hydrogen-bond acceptors (Lipinski definition) is 4. The SMILES string of the molecule is CSC(C)CNC(=O)c1ccc2nccnc2c1. The van der Waals surface area contributed by atoms with E-state index in [0.29, 0.717) is 17.4 Å². The maximum atomic E-state index is 11.9. The predicted molar refractivity (Wildman–Crippen MR) is 74.8 cm³/mol. The Morgan fingerprint density at radius 2 is 2.06 bits per heavy atom. The molecule has 4 nitrogen and oxygen atoms in total. The van der Waals surface area contributed by atoms with Gasteiger partial charge < -0.3 is 5.32 Å². The molecule has 1 aromatic heterocycles. The standard InChI is InChI=1S/C13H15N3OS/c1-9(18-2)8-16-13(17)10-3-4-11-12(7-10)15-6-5-14-11/h3-7,9H,8H2,1-2H3,(H,16,17). The van der Waals surface area contributed by atoms with Crippen LogP contribution in [0.5, 0.6) is 0 Å².